The van der Waals surface area contributed by atoms with Gasteiger partial charge in [-0.15, -0.1) is 0 Å². The Bertz CT molecular complexity index is 280. The smallest absolute Gasteiger partial charge is 0.0506 e. The van der Waals surface area contributed by atoms with Gasteiger partial charge in [0.1, 0.15) is 0 Å². The SMILES string of the molecule is CCCNC1CCC(CC)CC1S(=O)C(C)C(C)C. The van der Waals surface area contributed by atoms with Gasteiger partial charge in [-0.05, 0) is 44.1 Å². The highest BCUT2D eigenvalue weighted by Crippen LogP contribution is 2.32. The second-order valence-electron chi connectivity index (χ2n) is 6.46. The first kappa shape index (κ1) is 17.2. The third-order valence-corrected chi connectivity index (χ3v) is 7.13. The van der Waals surface area contributed by atoms with Crippen molar-refractivity contribution in [2.24, 2.45) is 11.8 Å². The summed E-state index contributed by atoms with van der Waals surface area (Å²) in [5.41, 5.74) is 0. The molecule has 1 saturated carbocycles. The summed E-state index contributed by atoms with van der Waals surface area (Å²) in [7, 11) is -0.700. The molecule has 0 aromatic heterocycles. The Kier molecular flexibility index (Phi) is 7.60. The standard InChI is InChI=1S/C16H33NOS/c1-6-10-17-15-9-8-14(7-2)11-16(15)19(18)13(5)12(3)4/h12-17H,6-11H2,1-5H3. The lowest BCUT2D eigenvalue weighted by Crippen LogP contribution is -2.48. The molecule has 3 heteroatoms. The van der Waals surface area contributed by atoms with Gasteiger partial charge in [-0.1, -0.05) is 41.0 Å². The molecule has 0 aromatic rings. The van der Waals surface area contributed by atoms with Crippen LogP contribution in [-0.2, 0) is 10.8 Å². The van der Waals surface area contributed by atoms with Gasteiger partial charge < -0.3 is 5.32 Å². The second kappa shape index (κ2) is 8.41. The Morgan fingerprint density at radius 2 is 1.89 bits per heavy atom. The minimum absolute atomic E-state index is 0.312. The van der Waals surface area contributed by atoms with Crippen LogP contribution >= 0.6 is 0 Å². The maximum Gasteiger partial charge on any atom is 0.0506 e. The van der Waals surface area contributed by atoms with Crippen molar-refractivity contribution < 1.29 is 4.21 Å². The van der Waals surface area contributed by atoms with Crippen LogP contribution in [0.3, 0.4) is 0 Å². The van der Waals surface area contributed by atoms with Crippen LogP contribution < -0.4 is 5.32 Å². The predicted molar refractivity (Wildman–Crippen MR) is 85.9 cm³/mol. The number of nitrogens with one attached hydrogen (secondary N) is 1. The molecule has 19 heavy (non-hydrogen) atoms. The Hall–Kier alpha value is 0.110. The van der Waals surface area contributed by atoms with Crippen molar-refractivity contribution in [3.8, 4) is 0 Å². The summed E-state index contributed by atoms with van der Waals surface area (Å²) in [6.45, 7) is 12.1. The number of hydrogen-bond acceptors (Lipinski definition) is 2. The number of hydrogen-bond donors (Lipinski definition) is 1. The zero-order valence-electron chi connectivity index (χ0n) is 13.4. The summed E-state index contributed by atoms with van der Waals surface area (Å²) in [6.07, 6.45) is 6.07. The molecule has 2 nitrogen and oxygen atoms in total. The van der Waals surface area contributed by atoms with Crippen molar-refractivity contribution in [3.05, 3.63) is 0 Å². The Labute approximate surface area is 122 Å². The predicted octanol–water partition coefficient (Wildman–Crippen LogP) is 3.73. The molecule has 0 amide bonds. The molecular formula is C16H33NOS. The van der Waals surface area contributed by atoms with E-state index in [0.29, 0.717) is 22.5 Å². The highest BCUT2D eigenvalue weighted by Gasteiger charge is 2.35. The average molecular weight is 288 g/mol. The molecule has 1 fully saturated rings. The first-order chi connectivity index (χ1) is 9.01. The van der Waals surface area contributed by atoms with Crippen LogP contribution in [0, 0.1) is 11.8 Å². The molecule has 1 N–H and O–H groups in total. The molecule has 0 aliphatic heterocycles. The topological polar surface area (TPSA) is 29.1 Å². The Morgan fingerprint density at radius 3 is 2.42 bits per heavy atom. The lowest BCUT2D eigenvalue weighted by atomic mass is 9.84. The molecule has 0 aromatic carbocycles. The fourth-order valence-corrected chi connectivity index (χ4v) is 5.05. The van der Waals surface area contributed by atoms with E-state index in [-0.39, 0.29) is 0 Å². The van der Waals surface area contributed by atoms with Crippen molar-refractivity contribution >= 4 is 10.8 Å². The van der Waals surface area contributed by atoms with Crippen LogP contribution in [0.2, 0.25) is 0 Å². The van der Waals surface area contributed by atoms with Crippen LogP contribution in [0.15, 0.2) is 0 Å². The quantitative estimate of drug-likeness (QED) is 0.773. The molecule has 5 unspecified atom stereocenters. The second-order valence-corrected chi connectivity index (χ2v) is 8.47. The van der Waals surface area contributed by atoms with Gasteiger partial charge >= 0.3 is 0 Å². The highest BCUT2D eigenvalue weighted by atomic mass is 32.2. The fourth-order valence-electron chi connectivity index (χ4n) is 2.95. The van der Waals surface area contributed by atoms with Crippen LogP contribution in [0.25, 0.3) is 0 Å². The van der Waals surface area contributed by atoms with Gasteiger partial charge in [0, 0.05) is 22.1 Å². The van der Waals surface area contributed by atoms with E-state index >= 15 is 0 Å². The van der Waals surface area contributed by atoms with Crippen molar-refractivity contribution in [2.75, 3.05) is 6.54 Å². The maximum absolute atomic E-state index is 12.8. The third-order valence-electron chi connectivity index (χ3n) is 4.74. The molecule has 0 heterocycles. The first-order valence-corrected chi connectivity index (χ1v) is 9.41. The molecule has 0 radical (unpaired) electrons. The number of rotatable bonds is 7. The van der Waals surface area contributed by atoms with Crippen LogP contribution in [0.4, 0.5) is 0 Å². The van der Waals surface area contributed by atoms with Gasteiger partial charge in [0.15, 0.2) is 0 Å². The van der Waals surface area contributed by atoms with E-state index < -0.39 is 10.8 Å². The van der Waals surface area contributed by atoms with Crippen LogP contribution in [0.1, 0.15) is 66.7 Å². The van der Waals surface area contributed by atoms with E-state index in [1.165, 1.54) is 19.3 Å². The van der Waals surface area contributed by atoms with E-state index in [9.17, 15) is 4.21 Å². The fraction of sp³-hybridized carbons (Fsp3) is 1.00. The summed E-state index contributed by atoms with van der Waals surface area (Å²) in [5, 5.41) is 4.32. The van der Waals surface area contributed by atoms with Gasteiger partial charge in [0.05, 0.1) is 5.25 Å². The van der Waals surface area contributed by atoms with E-state index in [1.54, 1.807) is 0 Å². The largest absolute Gasteiger partial charge is 0.313 e. The van der Waals surface area contributed by atoms with E-state index in [0.717, 1.165) is 25.3 Å². The van der Waals surface area contributed by atoms with Crippen molar-refractivity contribution in [3.63, 3.8) is 0 Å². The van der Waals surface area contributed by atoms with Gasteiger partial charge in [-0.25, -0.2) is 0 Å². The molecule has 1 rings (SSSR count). The van der Waals surface area contributed by atoms with Gasteiger partial charge in [0.2, 0.25) is 0 Å². The lowest BCUT2D eigenvalue weighted by Gasteiger charge is -2.37. The van der Waals surface area contributed by atoms with Gasteiger partial charge in [-0.2, -0.15) is 0 Å². The zero-order chi connectivity index (χ0) is 14.4. The van der Waals surface area contributed by atoms with Crippen molar-refractivity contribution in [1.29, 1.82) is 0 Å². The Balaban J connectivity index is 2.72. The summed E-state index contributed by atoms with van der Waals surface area (Å²) in [5.74, 6) is 1.29. The normalized spacial score (nSPS) is 31.4. The monoisotopic (exact) mass is 287 g/mol. The van der Waals surface area contributed by atoms with Gasteiger partial charge in [0.25, 0.3) is 0 Å². The molecule has 1 aliphatic rings. The zero-order valence-corrected chi connectivity index (χ0v) is 14.3. The van der Waals surface area contributed by atoms with Crippen molar-refractivity contribution in [2.45, 2.75) is 83.3 Å². The third kappa shape index (κ3) is 4.86. The summed E-state index contributed by atoms with van der Waals surface area (Å²) in [4.78, 5) is 0. The van der Waals surface area contributed by atoms with Crippen LogP contribution in [0.5, 0.6) is 0 Å². The molecule has 1 aliphatic carbocycles. The first-order valence-electron chi connectivity index (χ1n) is 8.13. The van der Waals surface area contributed by atoms with E-state index in [2.05, 4.69) is 39.9 Å². The molecule has 0 saturated heterocycles. The maximum atomic E-state index is 12.8. The molecular weight excluding hydrogens is 254 g/mol. The summed E-state index contributed by atoms with van der Waals surface area (Å²) in [6, 6.07) is 0.477. The molecule has 114 valence electrons. The average Bonchev–Trinajstić information content (AvgIpc) is 2.43. The van der Waals surface area contributed by atoms with Crippen molar-refractivity contribution in [1.82, 2.24) is 5.32 Å². The molecule has 0 bridgehead atoms. The van der Waals surface area contributed by atoms with Crippen LogP contribution in [-0.4, -0.2) is 27.3 Å². The highest BCUT2D eigenvalue weighted by molar-refractivity contribution is 7.86. The summed E-state index contributed by atoms with van der Waals surface area (Å²) >= 11 is 0. The minimum atomic E-state index is -0.700. The van der Waals surface area contributed by atoms with Gasteiger partial charge in [-0.3, -0.25) is 4.21 Å². The summed E-state index contributed by atoms with van der Waals surface area (Å²) < 4.78 is 12.8. The molecule has 0 spiro atoms. The Morgan fingerprint density at radius 1 is 1.21 bits per heavy atom. The van der Waals surface area contributed by atoms with E-state index in [4.69, 9.17) is 0 Å². The lowest BCUT2D eigenvalue weighted by molar-refractivity contribution is 0.290. The minimum Gasteiger partial charge on any atom is -0.313 e. The molecule has 5 atom stereocenters. The van der Waals surface area contributed by atoms with E-state index in [1.807, 2.05) is 0 Å².